The van der Waals surface area contributed by atoms with E-state index in [0.717, 1.165) is 35.0 Å². The predicted octanol–water partition coefficient (Wildman–Crippen LogP) is 1.68. The van der Waals surface area contributed by atoms with Gasteiger partial charge in [-0.15, -0.1) is 0 Å². The van der Waals surface area contributed by atoms with Gasteiger partial charge in [-0.2, -0.15) is 8.78 Å². The highest BCUT2D eigenvalue weighted by atomic mass is 19.3. The second kappa shape index (κ2) is 3.90. The summed E-state index contributed by atoms with van der Waals surface area (Å²) in [4.78, 5) is 0. The zero-order valence-electron chi connectivity index (χ0n) is 8.42. The monoisotopic (exact) mass is 215 g/mol. The van der Waals surface area contributed by atoms with E-state index in [0.29, 0.717) is 12.2 Å². The van der Waals surface area contributed by atoms with Crippen molar-refractivity contribution in [3.8, 4) is 0 Å². The van der Waals surface area contributed by atoms with Crippen LogP contribution in [0.4, 0.5) is 8.78 Å². The minimum atomic E-state index is -2.52. The van der Waals surface area contributed by atoms with Gasteiger partial charge in [0.15, 0.2) is 0 Å². The van der Waals surface area contributed by atoms with Crippen LogP contribution in [-0.4, -0.2) is 4.57 Å². The Kier molecular flexibility index (Phi) is 2.75. The summed E-state index contributed by atoms with van der Waals surface area (Å²) in [6.07, 6.45) is 3.98. The Morgan fingerprint density at radius 3 is 2.87 bits per heavy atom. The van der Waals surface area contributed by atoms with Crippen molar-refractivity contribution < 1.29 is 8.78 Å². The van der Waals surface area contributed by atoms with Gasteiger partial charge < -0.3 is 11.5 Å². The minimum Gasteiger partial charge on any atom is -0.326 e. The fourth-order valence-corrected chi connectivity index (χ4v) is 2.31. The number of nitrogens with two attached hydrogens (primary N) is 2. The van der Waals surface area contributed by atoms with Crippen molar-refractivity contribution in [3.05, 3.63) is 23.0 Å². The Labute approximate surface area is 87.0 Å². The summed E-state index contributed by atoms with van der Waals surface area (Å²) in [6, 6.07) is -0.275. The van der Waals surface area contributed by atoms with Crippen LogP contribution in [0.25, 0.3) is 0 Å². The van der Waals surface area contributed by atoms with Gasteiger partial charge in [0.2, 0.25) is 0 Å². The fraction of sp³-hybridized carbons (Fsp3) is 0.600. The number of nitrogens with zero attached hydrogens (tertiary/aromatic N) is 1. The SMILES string of the molecule is NCc1cn(C(F)F)c2c1CCC[C@@H]2N. The third-order valence-corrected chi connectivity index (χ3v) is 2.99. The Morgan fingerprint density at radius 2 is 2.27 bits per heavy atom. The highest BCUT2D eigenvalue weighted by molar-refractivity contribution is 5.36. The van der Waals surface area contributed by atoms with Gasteiger partial charge in [0.1, 0.15) is 0 Å². The molecule has 1 aromatic rings. The van der Waals surface area contributed by atoms with E-state index in [1.807, 2.05) is 0 Å². The number of hydrogen-bond donors (Lipinski definition) is 2. The topological polar surface area (TPSA) is 57.0 Å². The molecule has 0 radical (unpaired) electrons. The molecule has 1 heterocycles. The Morgan fingerprint density at radius 1 is 1.53 bits per heavy atom. The van der Waals surface area contributed by atoms with Gasteiger partial charge in [-0.1, -0.05) is 0 Å². The summed E-state index contributed by atoms with van der Waals surface area (Å²) in [5, 5.41) is 0. The van der Waals surface area contributed by atoms with Gasteiger partial charge in [0.05, 0.1) is 0 Å². The van der Waals surface area contributed by atoms with Gasteiger partial charge in [-0.3, -0.25) is 4.57 Å². The van der Waals surface area contributed by atoms with Crippen LogP contribution in [0.15, 0.2) is 6.20 Å². The van der Waals surface area contributed by atoms with Gasteiger partial charge in [0, 0.05) is 24.5 Å². The first-order valence-electron chi connectivity index (χ1n) is 5.11. The lowest BCUT2D eigenvalue weighted by molar-refractivity contribution is 0.0658. The zero-order chi connectivity index (χ0) is 11.0. The van der Waals surface area contributed by atoms with Crippen molar-refractivity contribution in [1.82, 2.24) is 4.57 Å². The van der Waals surface area contributed by atoms with E-state index < -0.39 is 6.55 Å². The Bertz CT molecular complexity index is 360. The molecule has 2 rings (SSSR count). The van der Waals surface area contributed by atoms with Crippen molar-refractivity contribution >= 4 is 0 Å². The van der Waals surface area contributed by atoms with Gasteiger partial charge >= 0.3 is 6.55 Å². The van der Waals surface area contributed by atoms with Crippen molar-refractivity contribution in [2.45, 2.75) is 38.4 Å². The van der Waals surface area contributed by atoms with E-state index in [2.05, 4.69) is 0 Å². The first-order chi connectivity index (χ1) is 7.15. The third-order valence-electron chi connectivity index (χ3n) is 2.99. The first-order valence-corrected chi connectivity index (χ1v) is 5.11. The lowest BCUT2D eigenvalue weighted by Crippen LogP contribution is -2.21. The molecular weight excluding hydrogens is 200 g/mol. The average molecular weight is 215 g/mol. The largest absolute Gasteiger partial charge is 0.326 e. The molecule has 1 atom stereocenters. The standard InChI is InChI=1S/C10H15F2N3/c11-10(12)15-5-6(4-13)7-2-1-3-8(14)9(7)15/h5,8,10H,1-4,13-14H2/t8-/m0/s1. The highest BCUT2D eigenvalue weighted by Gasteiger charge is 2.26. The van der Waals surface area contributed by atoms with Crippen molar-refractivity contribution in [3.63, 3.8) is 0 Å². The van der Waals surface area contributed by atoms with E-state index in [1.165, 1.54) is 6.20 Å². The summed E-state index contributed by atoms with van der Waals surface area (Å²) in [5.74, 6) is 0. The second-order valence-corrected chi connectivity index (χ2v) is 3.91. The number of aromatic nitrogens is 1. The smallest absolute Gasteiger partial charge is 0.318 e. The van der Waals surface area contributed by atoms with E-state index in [9.17, 15) is 8.78 Å². The number of fused-ring (bicyclic) bond motifs is 1. The number of rotatable bonds is 2. The molecule has 84 valence electrons. The maximum absolute atomic E-state index is 12.7. The molecule has 5 heteroatoms. The lowest BCUT2D eigenvalue weighted by atomic mass is 9.92. The molecule has 0 spiro atoms. The van der Waals surface area contributed by atoms with Crippen LogP contribution in [0.3, 0.4) is 0 Å². The molecule has 0 unspecified atom stereocenters. The molecule has 0 saturated carbocycles. The van der Waals surface area contributed by atoms with E-state index >= 15 is 0 Å². The fourth-order valence-electron chi connectivity index (χ4n) is 2.31. The van der Waals surface area contributed by atoms with Crippen LogP contribution < -0.4 is 11.5 Å². The van der Waals surface area contributed by atoms with Crippen LogP contribution in [0.5, 0.6) is 0 Å². The lowest BCUT2D eigenvalue weighted by Gasteiger charge is -2.22. The van der Waals surface area contributed by atoms with Crippen LogP contribution >= 0.6 is 0 Å². The molecule has 0 aromatic carbocycles. The number of halogens is 2. The summed E-state index contributed by atoms with van der Waals surface area (Å²) >= 11 is 0. The third kappa shape index (κ3) is 1.66. The molecule has 0 fully saturated rings. The van der Waals surface area contributed by atoms with Crippen LogP contribution in [-0.2, 0) is 13.0 Å². The van der Waals surface area contributed by atoms with E-state index in [-0.39, 0.29) is 6.04 Å². The average Bonchev–Trinajstić information content (AvgIpc) is 2.58. The number of hydrogen-bond acceptors (Lipinski definition) is 2. The maximum Gasteiger partial charge on any atom is 0.318 e. The second-order valence-electron chi connectivity index (χ2n) is 3.91. The van der Waals surface area contributed by atoms with Crippen molar-refractivity contribution in [2.75, 3.05) is 0 Å². The molecular formula is C10H15F2N3. The molecule has 1 aromatic heterocycles. The summed E-state index contributed by atoms with van der Waals surface area (Å²) in [7, 11) is 0. The first kappa shape index (κ1) is 10.6. The van der Waals surface area contributed by atoms with E-state index in [4.69, 9.17) is 11.5 Å². The van der Waals surface area contributed by atoms with Crippen LogP contribution in [0.2, 0.25) is 0 Å². The summed E-state index contributed by atoms with van der Waals surface area (Å²) < 4.78 is 26.5. The predicted molar refractivity (Wildman–Crippen MR) is 53.4 cm³/mol. The van der Waals surface area contributed by atoms with Crippen LogP contribution in [0, 0.1) is 0 Å². The molecule has 3 nitrogen and oxygen atoms in total. The zero-order valence-corrected chi connectivity index (χ0v) is 8.42. The highest BCUT2D eigenvalue weighted by Crippen LogP contribution is 2.34. The quantitative estimate of drug-likeness (QED) is 0.788. The van der Waals surface area contributed by atoms with Gasteiger partial charge in [-0.25, -0.2) is 0 Å². The summed E-state index contributed by atoms with van der Waals surface area (Å²) in [6.45, 7) is -2.22. The molecule has 0 aliphatic heterocycles. The molecule has 1 aliphatic carbocycles. The van der Waals surface area contributed by atoms with Crippen LogP contribution in [0.1, 0.15) is 42.3 Å². The van der Waals surface area contributed by atoms with Crippen molar-refractivity contribution in [2.24, 2.45) is 11.5 Å². The molecule has 0 amide bonds. The molecule has 0 bridgehead atoms. The normalized spacial score (nSPS) is 20.7. The van der Waals surface area contributed by atoms with Gasteiger partial charge in [-0.05, 0) is 30.4 Å². The Hall–Kier alpha value is -0.940. The molecule has 15 heavy (non-hydrogen) atoms. The molecule has 0 saturated heterocycles. The molecule has 4 N–H and O–H groups in total. The van der Waals surface area contributed by atoms with E-state index in [1.54, 1.807) is 0 Å². The summed E-state index contributed by atoms with van der Waals surface area (Å²) in [5.41, 5.74) is 13.7. The van der Waals surface area contributed by atoms with Crippen molar-refractivity contribution in [1.29, 1.82) is 0 Å². The maximum atomic E-state index is 12.7. The number of alkyl halides is 2. The molecule has 1 aliphatic rings. The van der Waals surface area contributed by atoms with Gasteiger partial charge in [0.25, 0.3) is 0 Å². The minimum absolute atomic E-state index is 0.275. The Balaban J connectivity index is 2.53.